The third-order valence-electron chi connectivity index (χ3n) is 14.5. The van der Waals surface area contributed by atoms with Gasteiger partial charge in [0.25, 0.3) is 0 Å². The van der Waals surface area contributed by atoms with Crippen LogP contribution in [0.25, 0.3) is 97.7 Å². The van der Waals surface area contributed by atoms with E-state index in [1.807, 2.05) is 11.3 Å². The van der Waals surface area contributed by atoms with Gasteiger partial charge in [-0.1, -0.05) is 202 Å². The first-order valence-corrected chi connectivity index (χ1v) is 24.7. The van der Waals surface area contributed by atoms with Gasteiger partial charge in [-0.05, 0) is 149 Å². The van der Waals surface area contributed by atoms with E-state index in [1.165, 1.54) is 109 Å². The quantitative estimate of drug-likeness (QED) is 0.147. The Kier molecular flexibility index (Phi) is 9.78. The molecule has 2 heteroatoms. The first kappa shape index (κ1) is 40.9. The zero-order valence-corrected chi connectivity index (χ0v) is 39.3. The molecule has 0 unspecified atom stereocenters. The Morgan fingerprint density at radius 1 is 0.319 bits per heavy atom. The van der Waals surface area contributed by atoms with Gasteiger partial charge in [0.05, 0.1) is 0 Å². The van der Waals surface area contributed by atoms with E-state index < -0.39 is 0 Å². The van der Waals surface area contributed by atoms with E-state index in [0.717, 1.165) is 17.1 Å². The molecule has 0 N–H and O–H groups in total. The van der Waals surface area contributed by atoms with Gasteiger partial charge in [-0.15, -0.1) is 11.3 Å². The van der Waals surface area contributed by atoms with E-state index in [-0.39, 0.29) is 5.41 Å². The first-order chi connectivity index (χ1) is 33.9. The Morgan fingerprint density at radius 3 is 1.51 bits per heavy atom. The third kappa shape index (κ3) is 7.07. The highest BCUT2D eigenvalue weighted by atomic mass is 32.1. The maximum absolute atomic E-state index is 2.39. The second-order valence-electron chi connectivity index (χ2n) is 18.9. The maximum Gasteiger partial charge on any atom is 0.0462 e. The van der Waals surface area contributed by atoms with Crippen molar-refractivity contribution >= 4 is 59.3 Å². The van der Waals surface area contributed by atoms with Crippen molar-refractivity contribution in [1.82, 2.24) is 0 Å². The number of hydrogen-bond acceptors (Lipinski definition) is 2. The van der Waals surface area contributed by atoms with Crippen molar-refractivity contribution in [3.63, 3.8) is 0 Å². The Balaban J connectivity index is 0.840. The molecule has 1 aliphatic carbocycles. The molecule has 0 saturated carbocycles. The minimum Gasteiger partial charge on any atom is -0.311 e. The molecule has 13 rings (SSSR count). The molecule has 0 atom stereocenters. The van der Waals surface area contributed by atoms with Crippen molar-refractivity contribution in [1.29, 1.82) is 0 Å². The molecule has 12 aromatic rings. The zero-order valence-electron chi connectivity index (χ0n) is 38.5. The fraction of sp³-hybridized carbons (Fsp3) is 0.0448. The zero-order chi connectivity index (χ0) is 46.1. The first-order valence-electron chi connectivity index (χ1n) is 23.9. The van der Waals surface area contributed by atoms with E-state index in [0.29, 0.717) is 0 Å². The van der Waals surface area contributed by atoms with Gasteiger partial charge in [-0.25, -0.2) is 0 Å². The van der Waals surface area contributed by atoms with E-state index >= 15 is 0 Å². The third-order valence-corrected chi connectivity index (χ3v) is 15.6. The Labute approximate surface area is 407 Å². The fourth-order valence-corrected chi connectivity index (χ4v) is 12.2. The molecule has 0 aliphatic heterocycles. The second-order valence-corrected chi connectivity index (χ2v) is 20.0. The van der Waals surface area contributed by atoms with Crippen LogP contribution in [0, 0.1) is 0 Å². The van der Waals surface area contributed by atoms with Crippen molar-refractivity contribution < 1.29 is 0 Å². The predicted molar refractivity (Wildman–Crippen MR) is 296 cm³/mol. The summed E-state index contributed by atoms with van der Waals surface area (Å²) >= 11 is 1.87. The van der Waals surface area contributed by atoms with Crippen LogP contribution in [0.2, 0.25) is 0 Å². The van der Waals surface area contributed by atoms with Crippen molar-refractivity contribution in [3.8, 4) is 66.8 Å². The summed E-state index contributed by atoms with van der Waals surface area (Å²) in [6, 6.07) is 91.7. The van der Waals surface area contributed by atoms with Crippen molar-refractivity contribution in [3.05, 3.63) is 260 Å². The molecule has 1 nitrogen and oxygen atoms in total. The molecule has 1 aromatic heterocycles. The highest BCUT2D eigenvalue weighted by Crippen LogP contribution is 2.52. The summed E-state index contributed by atoms with van der Waals surface area (Å²) in [5.74, 6) is 0. The number of nitrogens with zero attached hydrogens (tertiary/aromatic N) is 1. The summed E-state index contributed by atoms with van der Waals surface area (Å²) in [7, 11) is 0. The second kappa shape index (κ2) is 16.5. The van der Waals surface area contributed by atoms with Crippen LogP contribution in [0.1, 0.15) is 25.0 Å². The van der Waals surface area contributed by atoms with Gasteiger partial charge < -0.3 is 4.90 Å². The smallest absolute Gasteiger partial charge is 0.0462 e. The normalized spacial score (nSPS) is 12.6. The number of hydrogen-bond donors (Lipinski definition) is 0. The highest BCUT2D eigenvalue weighted by molar-refractivity contribution is 7.25. The minimum absolute atomic E-state index is 0.0970. The van der Waals surface area contributed by atoms with Crippen LogP contribution in [0.4, 0.5) is 17.1 Å². The van der Waals surface area contributed by atoms with Crippen LogP contribution in [0.5, 0.6) is 0 Å². The van der Waals surface area contributed by atoms with Crippen molar-refractivity contribution in [2.24, 2.45) is 0 Å². The van der Waals surface area contributed by atoms with Crippen LogP contribution < -0.4 is 4.90 Å². The molecule has 1 aliphatic rings. The number of anilines is 3. The maximum atomic E-state index is 2.39. The Morgan fingerprint density at radius 2 is 0.783 bits per heavy atom. The average molecular weight is 898 g/mol. The average Bonchev–Trinajstić information content (AvgIpc) is 3.91. The van der Waals surface area contributed by atoms with Gasteiger partial charge in [0.15, 0.2) is 0 Å². The Bertz CT molecular complexity index is 3890. The molecule has 0 saturated heterocycles. The SMILES string of the molecule is CC1(C)c2ccccc2-c2cccc(-c3ccc(N(c4ccc(-c5ccc(-c6cccc(-c7ccc8ccccc8c7)c6)cc5)cc4)c4ccc(-c5cccc6sc7ccccc7c56)cc4)cc3)c21. The van der Waals surface area contributed by atoms with Crippen molar-refractivity contribution in [2.45, 2.75) is 19.3 Å². The summed E-state index contributed by atoms with van der Waals surface area (Å²) in [6.45, 7) is 4.73. The molecule has 11 aromatic carbocycles. The molecule has 1 heterocycles. The lowest BCUT2D eigenvalue weighted by Crippen LogP contribution is -2.16. The highest BCUT2D eigenvalue weighted by Gasteiger charge is 2.37. The lowest BCUT2D eigenvalue weighted by molar-refractivity contribution is 0.662. The molecule has 69 heavy (non-hydrogen) atoms. The van der Waals surface area contributed by atoms with E-state index in [2.05, 4.69) is 267 Å². The van der Waals surface area contributed by atoms with Gasteiger partial charge >= 0.3 is 0 Å². The summed E-state index contributed by atoms with van der Waals surface area (Å²) in [5, 5.41) is 5.16. The van der Waals surface area contributed by atoms with Gasteiger partial charge in [0, 0.05) is 42.6 Å². The van der Waals surface area contributed by atoms with E-state index in [4.69, 9.17) is 0 Å². The van der Waals surface area contributed by atoms with Gasteiger partial charge in [-0.2, -0.15) is 0 Å². The van der Waals surface area contributed by atoms with Crippen LogP contribution in [0.3, 0.4) is 0 Å². The van der Waals surface area contributed by atoms with Gasteiger partial charge in [0.1, 0.15) is 0 Å². The lowest BCUT2D eigenvalue weighted by atomic mass is 9.79. The predicted octanol–water partition coefficient (Wildman–Crippen LogP) is 19.3. The van der Waals surface area contributed by atoms with Crippen LogP contribution >= 0.6 is 11.3 Å². The van der Waals surface area contributed by atoms with Crippen molar-refractivity contribution in [2.75, 3.05) is 4.90 Å². The number of benzene rings is 11. The van der Waals surface area contributed by atoms with Crippen LogP contribution in [-0.4, -0.2) is 0 Å². The molecule has 0 amide bonds. The van der Waals surface area contributed by atoms with Crippen LogP contribution in [0.15, 0.2) is 249 Å². The van der Waals surface area contributed by atoms with E-state index in [9.17, 15) is 0 Å². The molecule has 0 spiro atoms. The number of rotatable bonds is 8. The summed E-state index contributed by atoms with van der Waals surface area (Å²) in [5.41, 5.74) is 20.9. The number of fused-ring (bicyclic) bond motifs is 7. The molecule has 0 bridgehead atoms. The lowest BCUT2D eigenvalue weighted by Gasteiger charge is -2.27. The fourth-order valence-electron chi connectivity index (χ4n) is 11.0. The standard InChI is InChI=1S/C67H47NS/c1-67(2)62-21-7-5-16-59(62)60-20-10-19-58(66(60)67)49-34-40-56(41-35-49)68(55-38-32-48(33-39-55)57-18-11-23-64-65(57)61-17-6-8-22-63(61)69-64)54-36-30-46(31-37-54)45-24-26-47(27-25-45)51-14-9-15-52(42-51)53-29-28-44-12-3-4-13-50(44)43-53/h3-43H,1-2H3. The summed E-state index contributed by atoms with van der Waals surface area (Å²) < 4.78 is 2.64. The Hall–Kier alpha value is -8.30. The largest absolute Gasteiger partial charge is 0.311 e. The molecule has 0 fully saturated rings. The number of thiophene rings is 1. The molecule has 0 radical (unpaired) electrons. The summed E-state index contributed by atoms with van der Waals surface area (Å²) in [4.78, 5) is 2.39. The minimum atomic E-state index is -0.0970. The van der Waals surface area contributed by atoms with Gasteiger partial charge in [0.2, 0.25) is 0 Å². The molecule has 326 valence electrons. The molecular weight excluding hydrogens is 851 g/mol. The topological polar surface area (TPSA) is 3.24 Å². The molecular formula is C67H47NS. The van der Waals surface area contributed by atoms with Crippen LogP contribution in [-0.2, 0) is 5.41 Å². The van der Waals surface area contributed by atoms with E-state index in [1.54, 1.807) is 0 Å². The summed E-state index contributed by atoms with van der Waals surface area (Å²) in [6.07, 6.45) is 0. The monoisotopic (exact) mass is 897 g/mol. The van der Waals surface area contributed by atoms with Gasteiger partial charge in [-0.3, -0.25) is 0 Å².